The summed E-state index contributed by atoms with van der Waals surface area (Å²) in [4.78, 5) is 0. The first-order valence-electron chi connectivity index (χ1n) is 7.38. The molecule has 1 aromatic carbocycles. The Balaban J connectivity index is 1.84. The summed E-state index contributed by atoms with van der Waals surface area (Å²) in [6, 6.07) is 7.96. The van der Waals surface area contributed by atoms with E-state index in [0.29, 0.717) is 11.6 Å². The molecule has 2 aromatic rings. The zero-order chi connectivity index (χ0) is 14.8. The van der Waals surface area contributed by atoms with Crippen molar-refractivity contribution >= 4 is 11.6 Å². The maximum Gasteiger partial charge on any atom is 0.122 e. The summed E-state index contributed by atoms with van der Waals surface area (Å²) < 4.78 is 7.77. The van der Waals surface area contributed by atoms with Crippen LogP contribution < -0.4 is 10.5 Å². The lowest BCUT2D eigenvalue weighted by Crippen LogP contribution is -2.33. The molecule has 2 N–H and O–H groups in total. The van der Waals surface area contributed by atoms with Crippen molar-refractivity contribution in [1.82, 2.24) is 9.78 Å². The van der Waals surface area contributed by atoms with Crippen LogP contribution in [0.15, 0.2) is 30.5 Å². The highest BCUT2D eigenvalue weighted by Crippen LogP contribution is 2.34. The Kier molecular flexibility index (Phi) is 4.17. The van der Waals surface area contributed by atoms with Crippen LogP contribution in [0.25, 0.3) is 0 Å². The second-order valence-corrected chi connectivity index (χ2v) is 5.92. The van der Waals surface area contributed by atoms with Gasteiger partial charge in [-0.3, -0.25) is 4.68 Å². The Hall–Kier alpha value is -1.52. The van der Waals surface area contributed by atoms with Gasteiger partial charge in [0, 0.05) is 12.5 Å². The lowest BCUT2D eigenvalue weighted by atomic mass is 9.89. The van der Waals surface area contributed by atoms with Gasteiger partial charge >= 0.3 is 0 Å². The quantitative estimate of drug-likeness (QED) is 0.943. The van der Waals surface area contributed by atoms with Crippen molar-refractivity contribution in [1.29, 1.82) is 0 Å². The molecule has 2 heterocycles. The van der Waals surface area contributed by atoms with Crippen LogP contribution in [0.3, 0.4) is 0 Å². The van der Waals surface area contributed by atoms with Gasteiger partial charge in [-0.15, -0.1) is 0 Å². The van der Waals surface area contributed by atoms with Crippen LogP contribution >= 0.6 is 11.6 Å². The molecule has 5 heteroatoms. The summed E-state index contributed by atoms with van der Waals surface area (Å²) in [5.41, 5.74) is 8.61. The molecule has 1 aliphatic rings. The van der Waals surface area contributed by atoms with E-state index in [1.807, 2.05) is 22.9 Å². The summed E-state index contributed by atoms with van der Waals surface area (Å²) in [6.07, 6.45) is 3.59. The fourth-order valence-electron chi connectivity index (χ4n) is 2.90. The lowest BCUT2D eigenvalue weighted by molar-refractivity contribution is 0.196. The van der Waals surface area contributed by atoms with Crippen molar-refractivity contribution in [3.05, 3.63) is 46.7 Å². The van der Waals surface area contributed by atoms with Crippen LogP contribution in [0.4, 0.5) is 0 Å². The van der Waals surface area contributed by atoms with Crippen LogP contribution in [0.1, 0.15) is 30.6 Å². The molecule has 0 amide bonds. The average molecular weight is 306 g/mol. The Morgan fingerprint density at radius 3 is 3.10 bits per heavy atom. The van der Waals surface area contributed by atoms with E-state index in [1.165, 1.54) is 5.56 Å². The number of rotatable bonds is 4. The molecular formula is C16H20ClN3O. The molecule has 1 aromatic heterocycles. The van der Waals surface area contributed by atoms with E-state index in [0.717, 1.165) is 30.8 Å². The first kappa shape index (κ1) is 14.4. The monoisotopic (exact) mass is 305 g/mol. The van der Waals surface area contributed by atoms with E-state index in [2.05, 4.69) is 18.1 Å². The van der Waals surface area contributed by atoms with E-state index < -0.39 is 0 Å². The molecule has 2 unspecified atom stereocenters. The van der Waals surface area contributed by atoms with Crippen molar-refractivity contribution in [2.24, 2.45) is 11.7 Å². The topological polar surface area (TPSA) is 53.1 Å². The first-order chi connectivity index (χ1) is 10.2. The average Bonchev–Trinajstić information content (AvgIpc) is 2.87. The molecule has 0 aliphatic carbocycles. The highest BCUT2D eigenvalue weighted by Gasteiger charge is 2.29. The van der Waals surface area contributed by atoms with Gasteiger partial charge in [-0.25, -0.2) is 0 Å². The number of benzene rings is 1. The van der Waals surface area contributed by atoms with E-state index in [9.17, 15) is 0 Å². The fourth-order valence-corrected chi connectivity index (χ4v) is 3.17. The number of nitrogens with two attached hydrogens (primary N) is 1. The maximum absolute atomic E-state index is 6.48. The fraction of sp³-hybridized carbons (Fsp3) is 0.438. The maximum atomic E-state index is 6.48. The zero-order valence-electron chi connectivity index (χ0n) is 12.1. The van der Waals surface area contributed by atoms with Gasteiger partial charge in [-0.1, -0.05) is 36.7 Å². The number of hydrogen-bond acceptors (Lipinski definition) is 3. The minimum Gasteiger partial charge on any atom is -0.493 e. The third-order valence-electron chi connectivity index (χ3n) is 4.00. The van der Waals surface area contributed by atoms with Gasteiger partial charge in [0.2, 0.25) is 0 Å². The number of fused-ring (bicyclic) bond motifs is 1. The largest absolute Gasteiger partial charge is 0.493 e. The van der Waals surface area contributed by atoms with Gasteiger partial charge in [0.25, 0.3) is 0 Å². The molecule has 2 atom stereocenters. The van der Waals surface area contributed by atoms with E-state index >= 15 is 0 Å². The van der Waals surface area contributed by atoms with E-state index in [1.54, 1.807) is 6.20 Å². The summed E-state index contributed by atoms with van der Waals surface area (Å²) in [7, 11) is 0. The second kappa shape index (κ2) is 6.08. The van der Waals surface area contributed by atoms with Crippen LogP contribution in [0.2, 0.25) is 5.02 Å². The van der Waals surface area contributed by atoms with Crippen LogP contribution in [-0.2, 0) is 13.0 Å². The molecule has 0 saturated heterocycles. The summed E-state index contributed by atoms with van der Waals surface area (Å²) in [5, 5.41) is 4.98. The first-order valence-corrected chi connectivity index (χ1v) is 7.76. The number of aromatic nitrogens is 2. The minimum atomic E-state index is -0.167. The predicted molar refractivity (Wildman–Crippen MR) is 83.6 cm³/mol. The summed E-state index contributed by atoms with van der Waals surface area (Å²) in [5.74, 6) is 1.18. The third-order valence-corrected chi connectivity index (χ3v) is 4.29. The number of aryl methyl sites for hydroxylation is 1. The van der Waals surface area contributed by atoms with Gasteiger partial charge < -0.3 is 10.5 Å². The molecule has 1 aliphatic heterocycles. The number of halogens is 1. The van der Waals surface area contributed by atoms with Gasteiger partial charge in [-0.2, -0.15) is 5.10 Å². The molecule has 0 fully saturated rings. The number of hydrogen-bond donors (Lipinski definition) is 1. The van der Waals surface area contributed by atoms with E-state index in [4.69, 9.17) is 22.1 Å². The van der Waals surface area contributed by atoms with Gasteiger partial charge in [0.1, 0.15) is 5.75 Å². The number of ether oxygens (including phenoxy) is 1. The molecule has 4 nitrogen and oxygen atoms in total. The lowest BCUT2D eigenvalue weighted by Gasteiger charge is -2.30. The highest BCUT2D eigenvalue weighted by molar-refractivity contribution is 6.31. The van der Waals surface area contributed by atoms with Gasteiger partial charge in [-0.05, 0) is 24.5 Å². The van der Waals surface area contributed by atoms with Crippen molar-refractivity contribution in [2.45, 2.75) is 32.4 Å². The minimum absolute atomic E-state index is 0.167. The molecule has 21 heavy (non-hydrogen) atoms. The SMILES string of the molecule is CCCn1ncc(Cl)c1C(N)C1COc2ccccc2C1. The van der Waals surface area contributed by atoms with Crippen molar-refractivity contribution in [2.75, 3.05) is 6.61 Å². The molecule has 112 valence electrons. The summed E-state index contributed by atoms with van der Waals surface area (Å²) in [6.45, 7) is 3.57. The highest BCUT2D eigenvalue weighted by atomic mass is 35.5. The molecule has 0 radical (unpaired) electrons. The third kappa shape index (κ3) is 2.78. The smallest absolute Gasteiger partial charge is 0.122 e. The summed E-state index contributed by atoms with van der Waals surface area (Å²) >= 11 is 6.29. The van der Waals surface area contributed by atoms with Crippen molar-refractivity contribution < 1.29 is 4.74 Å². The molecule has 0 saturated carbocycles. The predicted octanol–water partition coefficient (Wildman–Crippen LogP) is 3.20. The standard InChI is InChI=1S/C16H20ClN3O/c1-2-7-20-16(13(17)9-19-20)15(18)12-8-11-5-3-4-6-14(11)21-10-12/h3-6,9,12,15H,2,7-8,10,18H2,1H3. The number of para-hydroxylation sites is 1. The Bertz CT molecular complexity index is 626. The van der Waals surface area contributed by atoms with Gasteiger partial charge in [0.05, 0.1) is 29.6 Å². The molecule has 0 bridgehead atoms. The van der Waals surface area contributed by atoms with Crippen LogP contribution in [0, 0.1) is 5.92 Å². The molecular weight excluding hydrogens is 286 g/mol. The molecule has 3 rings (SSSR count). The van der Waals surface area contributed by atoms with Gasteiger partial charge in [0.15, 0.2) is 0 Å². The van der Waals surface area contributed by atoms with Crippen molar-refractivity contribution in [3.63, 3.8) is 0 Å². The normalized spacial score (nSPS) is 18.9. The van der Waals surface area contributed by atoms with Crippen LogP contribution in [-0.4, -0.2) is 16.4 Å². The molecule has 0 spiro atoms. The van der Waals surface area contributed by atoms with Crippen molar-refractivity contribution in [3.8, 4) is 5.75 Å². The Labute approximate surface area is 129 Å². The zero-order valence-corrected chi connectivity index (χ0v) is 12.9. The number of nitrogens with zero attached hydrogens (tertiary/aromatic N) is 2. The Morgan fingerprint density at radius 2 is 2.29 bits per heavy atom. The second-order valence-electron chi connectivity index (χ2n) is 5.51. The Morgan fingerprint density at radius 1 is 1.48 bits per heavy atom. The van der Waals surface area contributed by atoms with Crippen LogP contribution in [0.5, 0.6) is 5.75 Å². The van der Waals surface area contributed by atoms with E-state index in [-0.39, 0.29) is 12.0 Å².